The number of amides is 2. The van der Waals surface area contributed by atoms with E-state index in [-0.39, 0.29) is 11.8 Å². The first-order valence-electron chi connectivity index (χ1n) is 12.7. The molecule has 1 saturated heterocycles. The van der Waals surface area contributed by atoms with Gasteiger partial charge in [-0.3, -0.25) is 14.5 Å². The molecule has 1 aromatic carbocycles. The van der Waals surface area contributed by atoms with E-state index in [0.29, 0.717) is 28.7 Å². The summed E-state index contributed by atoms with van der Waals surface area (Å²) in [6, 6.07) is 9.70. The summed E-state index contributed by atoms with van der Waals surface area (Å²) in [5.74, 6) is 1.05. The first-order chi connectivity index (χ1) is 16.9. The number of benzene rings is 1. The number of nitrogens with one attached hydrogen (secondary N) is 2. The molecule has 0 unspecified atom stereocenters. The topological polar surface area (TPSA) is 78.7 Å². The molecule has 0 radical (unpaired) electrons. The average Bonchev–Trinajstić information content (AvgIpc) is 3.29. The van der Waals surface area contributed by atoms with Crippen molar-refractivity contribution < 1.29 is 9.59 Å². The SMILES string of the molecule is CNC(=O)C1(c2cccc(NC(=O)c3cc(CN4CCC[C@H](C)C4)cn4ccnc34)c2)CC(C)C1. The Balaban J connectivity index is 1.40. The van der Waals surface area contributed by atoms with Crippen molar-refractivity contribution in [1.82, 2.24) is 19.6 Å². The molecule has 5 rings (SSSR count). The van der Waals surface area contributed by atoms with Crippen molar-refractivity contribution >= 4 is 23.1 Å². The van der Waals surface area contributed by atoms with Crippen molar-refractivity contribution in [1.29, 1.82) is 0 Å². The number of piperidine rings is 1. The molecule has 7 nitrogen and oxygen atoms in total. The van der Waals surface area contributed by atoms with Crippen LogP contribution in [0.3, 0.4) is 0 Å². The maximum Gasteiger partial charge on any atom is 0.259 e. The van der Waals surface area contributed by atoms with Gasteiger partial charge >= 0.3 is 0 Å². The lowest BCUT2D eigenvalue weighted by Crippen LogP contribution is -2.51. The zero-order chi connectivity index (χ0) is 24.6. The molecule has 1 atom stereocenters. The number of pyridine rings is 1. The van der Waals surface area contributed by atoms with Gasteiger partial charge in [0.25, 0.3) is 5.91 Å². The summed E-state index contributed by atoms with van der Waals surface area (Å²) in [5, 5.41) is 5.90. The Hall–Kier alpha value is -3.19. The molecule has 2 aliphatic rings. The van der Waals surface area contributed by atoms with Gasteiger partial charge in [0.1, 0.15) is 5.65 Å². The molecule has 7 heteroatoms. The highest BCUT2D eigenvalue weighted by molar-refractivity contribution is 6.08. The van der Waals surface area contributed by atoms with Crippen LogP contribution in [0.1, 0.15) is 61.0 Å². The van der Waals surface area contributed by atoms with Crippen LogP contribution in [0.15, 0.2) is 48.9 Å². The normalized spacial score (nSPS) is 24.7. The Morgan fingerprint density at radius 2 is 2.00 bits per heavy atom. The summed E-state index contributed by atoms with van der Waals surface area (Å²) >= 11 is 0. The maximum atomic E-state index is 13.5. The minimum atomic E-state index is -0.517. The first-order valence-corrected chi connectivity index (χ1v) is 12.7. The third-order valence-electron chi connectivity index (χ3n) is 7.66. The van der Waals surface area contributed by atoms with Gasteiger partial charge < -0.3 is 15.0 Å². The van der Waals surface area contributed by atoms with Crippen LogP contribution in [0, 0.1) is 11.8 Å². The van der Waals surface area contributed by atoms with Crippen molar-refractivity contribution in [3.05, 3.63) is 65.6 Å². The predicted octanol–water partition coefficient (Wildman–Crippen LogP) is 4.23. The molecule has 35 heavy (non-hydrogen) atoms. The lowest BCUT2D eigenvalue weighted by Gasteiger charge is -2.45. The fourth-order valence-electron chi connectivity index (χ4n) is 6.05. The third-order valence-corrected chi connectivity index (χ3v) is 7.66. The number of carbonyl (C=O) groups excluding carboxylic acids is 2. The number of fused-ring (bicyclic) bond motifs is 1. The molecule has 0 spiro atoms. The largest absolute Gasteiger partial charge is 0.358 e. The van der Waals surface area contributed by atoms with Crippen molar-refractivity contribution in [3.8, 4) is 0 Å². The highest BCUT2D eigenvalue weighted by atomic mass is 16.2. The molecule has 2 N–H and O–H groups in total. The Labute approximate surface area is 206 Å². The van der Waals surface area contributed by atoms with Gasteiger partial charge in [0, 0.05) is 44.4 Å². The van der Waals surface area contributed by atoms with Crippen LogP contribution in [0.5, 0.6) is 0 Å². The van der Waals surface area contributed by atoms with Gasteiger partial charge in [-0.25, -0.2) is 4.98 Å². The van der Waals surface area contributed by atoms with Crippen LogP contribution >= 0.6 is 0 Å². The van der Waals surface area contributed by atoms with Crippen LogP contribution in [0.25, 0.3) is 5.65 Å². The van der Waals surface area contributed by atoms with Gasteiger partial charge in [0.05, 0.1) is 11.0 Å². The Morgan fingerprint density at radius 1 is 1.17 bits per heavy atom. The Morgan fingerprint density at radius 3 is 2.74 bits per heavy atom. The fourth-order valence-corrected chi connectivity index (χ4v) is 6.05. The van der Waals surface area contributed by atoms with E-state index in [1.165, 1.54) is 12.8 Å². The second-order valence-electron chi connectivity index (χ2n) is 10.6. The van der Waals surface area contributed by atoms with Crippen LogP contribution < -0.4 is 10.6 Å². The van der Waals surface area contributed by atoms with Crippen molar-refractivity contribution in [2.45, 2.75) is 51.5 Å². The van der Waals surface area contributed by atoms with E-state index < -0.39 is 5.41 Å². The molecule has 2 fully saturated rings. The molecule has 0 bridgehead atoms. The predicted molar refractivity (Wildman–Crippen MR) is 137 cm³/mol. The van der Waals surface area contributed by atoms with E-state index in [1.54, 1.807) is 13.2 Å². The van der Waals surface area contributed by atoms with E-state index in [1.807, 2.05) is 40.9 Å². The quantitative estimate of drug-likeness (QED) is 0.562. The lowest BCUT2D eigenvalue weighted by molar-refractivity contribution is -0.131. The number of rotatable bonds is 6. The van der Waals surface area contributed by atoms with Gasteiger partial charge in [-0.15, -0.1) is 0 Å². The van der Waals surface area contributed by atoms with Crippen LogP contribution in [-0.4, -0.2) is 46.2 Å². The Kier molecular flexibility index (Phi) is 6.36. The molecule has 3 heterocycles. The minimum Gasteiger partial charge on any atom is -0.358 e. The number of carbonyl (C=O) groups is 2. The highest BCUT2D eigenvalue weighted by Gasteiger charge is 2.49. The van der Waals surface area contributed by atoms with Crippen LogP contribution in [0.4, 0.5) is 5.69 Å². The molecule has 1 aliphatic carbocycles. The number of nitrogens with zero attached hydrogens (tertiary/aromatic N) is 3. The van der Waals surface area contributed by atoms with Crippen molar-refractivity contribution in [3.63, 3.8) is 0 Å². The van der Waals surface area contributed by atoms with E-state index in [9.17, 15) is 9.59 Å². The summed E-state index contributed by atoms with van der Waals surface area (Å²) in [4.78, 5) is 33.1. The second-order valence-corrected chi connectivity index (χ2v) is 10.6. The Bertz CT molecular complexity index is 1240. The molecular formula is C28H35N5O2. The van der Waals surface area contributed by atoms with E-state index in [4.69, 9.17) is 0 Å². The van der Waals surface area contributed by atoms with Gasteiger partial charge in [0.2, 0.25) is 5.91 Å². The minimum absolute atomic E-state index is 0.0397. The zero-order valence-corrected chi connectivity index (χ0v) is 20.9. The van der Waals surface area contributed by atoms with Gasteiger partial charge in [-0.2, -0.15) is 0 Å². The number of anilines is 1. The summed E-state index contributed by atoms with van der Waals surface area (Å²) in [6.07, 6.45) is 9.82. The van der Waals surface area contributed by atoms with Crippen molar-refractivity contribution in [2.75, 3.05) is 25.5 Å². The molecule has 1 saturated carbocycles. The second kappa shape index (κ2) is 9.46. The smallest absolute Gasteiger partial charge is 0.259 e. The number of hydrogen-bond acceptors (Lipinski definition) is 4. The summed E-state index contributed by atoms with van der Waals surface area (Å²) in [5.41, 5.74) is 3.43. The molecule has 2 aromatic heterocycles. The molecule has 184 valence electrons. The van der Waals surface area contributed by atoms with Gasteiger partial charge in [-0.1, -0.05) is 26.0 Å². The lowest BCUT2D eigenvalue weighted by atomic mass is 9.58. The van der Waals surface area contributed by atoms with E-state index in [2.05, 4.69) is 40.6 Å². The number of likely N-dealkylation sites (N-methyl/N-ethyl adjacent to an activating group) is 1. The van der Waals surface area contributed by atoms with Crippen LogP contribution in [0.2, 0.25) is 0 Å². The summed E-state index contributed by atoms with van der Waals surface area (Å²) in [6.45, 7) is 7.46. The van der Waals surface area contributed by atoms with E-state index in [0.717, 1.165) is 43.6 Å². The number of aromatic nitrogens is 2. The number of hydrogen-bond donors (Lipinski definition) is 2. The van der Waals surface area contributed by atoms with Crippen molar-refractivity contribution in [2.24, 2.45) is 11.8 Å². The third kappa shape index (κ3) is 4.57. The highest BCUT2D eigenvalue weighted by Crippen LogP contribution is 2.48. The molecule has 1 aliphatic heterocycles. The number of likely N-dealkylation sites (tertiary alicyclic amines) is 1. The zero-order valence-electron chi connectivity index (χ0n) is 20.9. The molecular weight excluding hydrogens is 438 g/mol. The molecule has 3 aromatic rings. The summed E-state index contributed by atoms with van der Waals surface area (Å²) < 4.78 is 1.93. The standard InChI is InChI=1S/C28H35N5O2/c1-19-6-5-10-32(16-19)17-21-12-24(25-30-9-11-33(25)18-21)26(34)31-23-8-4-7-22(13-23)28(27(35)29-3)14-20(2)15-28/h4,7-9,11-13,18-20H,5-6,10,14-17H2,1-3H3,(H,29,35)(H,31,34)/t19-,20?,28?/m0/s1. The first kappa shape index (κ1) is 23.5. The van der Waals surface area contributed by atoms with Gasteiger partial charge in [0.15, 0.2) is 0 Å². The fraction of sp³-hybridized carbons (Fsp3) is 0.464. The van der Waals surface area contributed by atoms with E-state index >= 15 is 0 Å². The molecule has 2 amide bonds. The van der Waals surface area contributed by atoms with Gasteiger partial charge in [-0.05, 0) is 73.4 Å². The number of imidazole rings is 1. The monoisotopic (exact) mass is 473 g/mol. The maximum absolute atomic E-state index is 13.5. The average molecular weight is 474 g/mol. The summed E-state index contributed by atoms with van der Waals surface area (Å²) in [7, 11) is 1.69. The van der Waals surface area contributed by atoms with Crippen LogP contribution in [-0.2, 0) is 16.8 Å².